The van der Waals surface area contributed by atoms with E-state index in [1.165, 1.54) is 11.8 Å². The minimum atomic E-state index is -0.331. The van der Waals surface area contributed by atoms with Crippen LogP contribution in [0.25, 0.3) is 0 Å². The first-order valence-corrected chi connectivity index (χ1v) is 3.86. The van der Waals surface area contributed by atoms with E-state index in [-0.39, 0.29) is 11.4 Å². The van der Waals surface area contributed by atoms with E-state index in [0.717, 1.165) is 0 Å². The zero-order chi connectivity index (χ0) is 7.56. The van der Waals surface area contributed by atoms with Crippen molar-refractivity contribution >= 4 is 28.4 Å². The fourth-order valence-corrected chi connectivity index (χ4v) is 1.71. The van der Waals surface area contributed by atoms with Gasteiger partial charge in [0.15, 0.2) is 6.10 Å². The average Bonchev–Trinajstić information content (AvgIpc) is 2.30. The lowest BCUT2D eigenvalue weighted by molar-refractivity contribution is 0.283. The van der Waals surface area contributed by atoms with Gasteiger partial charge >= 0.3 is 0 Å². The maximum atomic E-state index is 5.16. The van der Waals surface area contributed by atoms with Gasteiger partial charge in [-0.25, -0.2) is 0 Å². The molecule has 0 aromatic rings. The molecule has 50 valence electrons. The topological polar surface area (TPSA) is 9.23 Å². The molecule has 1 aliphatic rings. The van der Waals surface area contributed by atoms with Gasteiger partial charge in [-0.3, -0.25) is 0 Å². The van der Waals surface area contributed by atoms with E-state index in [0.29, 0.717) is 4.38 Å². The molecule has 1 fully saturated rings. The monoisotopic (exact) mass is 168 g/mol. The second-order valence-corrected chi connectivity index (χ2v) is 3.40. The minimum Gasteiger partial charge on any atom is -0.460 e. The third kappa shape index (κ3) is 1.26. The lowest BCUT2D eigenvalue weighted by Crippen LogP contribution is -2.14. The zero-order valence-electron chi connectivity index (χ0n) is 5.03. The van der Waals surface area contributed by atoms with Crippen LogP contribution in [0.4, 0.5) is 0 Å². The first-order valence-electron chi connectivity index (χ1n) is 2.57. The molecule has 0 spiro atoms. The Morgan fingerprint density at radius 2 is 2.20 bits per heavy atom. The smallest absolute Gasteiger partial charge is 0.222 e. The summed E-state index contributed by atoms with van der Waals surface area (Å²) >= 11 is 6.08. The minimum absolute atomic E-state index is 0.0995. The third-order valence-corrected chi connectivity index (χ3v) is 2.36. The van der Waals surface area contributed by atoms with Crippen LogP contribution in [0.3, 0.4) is 0 Å². The molecule has 10 heavy (non-hydrogen) atoms. The first-order chi connectivity index (χ1) is 4.77. The van der Waals surface area contributed by atoms with Gasteiger partial charge in [0.25, 0.3) is 0 Å². The Bertz CT molecular complexity index is 209. The standard InChI is InChI=1S/C7H4OS2/c1-3-5-6(4-2)10-7(9)8-5/h1-2,5-6H. The van der Waals surface area contributed by atoms with E-state index in [2.05, 4.69) is 11.8 Å². The predicted molar refractivity (Wildman–Crippen MR) is 46.5 cm³/mol. The Hall–Kier alpha value is -0.640. The molecule has 2 unspecified atom stereocenters. The van der Waals surface area contributed by atoms with Gasteiger partial charge in [0, 0.05) is 0 Å². The van der Waals surface area contributed by atoms with Gasteiger partial charge in [0.1, 0.15) is 5.25 Å². The number of hydrogen-bond acceptors (Lipinski definition) is 3. The summed E-state index contributed by atoms with van der Waals surface area (Å²) in [6, 6.07) is 0. The van der Waals surface area contributed by atoms with Crippen molar-refractivity contribution in [2.45, 2.75) is 11.4 Å². The van der Waals surface area contributed by atoms with E-state index in [9.17, 15) is 0 Å². The molecule has 1 aliphatic heterocycles. The summed E-state index contributed by atoms with van der Waals surface area (Å²) in [4.78, 5) is 0. The van der Waals surface area contributed by atoms with Gasteiger partial charge in [-0.15, -0.1) is 12.8 Å². The van der Waals surface area contributed by atoms with Crippen LogP contribution in [0.15, 0.2) is 0 Å². The fourth-order valence-electron chi connectivity index (χ4n) is 0.602. The van der Waals surface area contributed by atoms with Crippen molar-refractivity contribution in [2.75, 3.05) is 0 Å². The summed E-state index contributed by atoms with van der Waals surface area (Å²) in [5.74, 6) is 4.93. The number of rotatable bonds is 0. The van der Waals surface area contributed by atoms with Crippen molar-refractivity contribution in [3.63, 3.8) is 0 Å². The van der Waals surface area contributed by atoms with Crippen molar-refractivity contribution in [2.24, 2.45) is 0 Å². The molecule has 0 bridgehead atoms. The van der Waals surface area contributed by atoms with E-state index in [4.69, 9.17) is 29.8 Å². The Morgan fingerprint density at radius 3 is 2.60 bits per heavy atom. The van der Waals surface area contributed by atoms with E-state index < -0.39 is 0 Å². The fraction of sp³-hybridized carbons (Fsp3) is 0.286. The number of terminal acetylenes is 2. The highest BCUT2D eigenvalue weighted by Gasteiger charge is 2.29. The Kier molecular flexibility index (Phi) is 2.21. The van der Waals surface area contributed by atoms with Crippen LogP contribution >= 0.6 is 24.0 Å². The van der Waals surface area contributed by atoms with Gasteiger partial charge in [-0.05, 0) is 12.2 Å². The molecular formula is C7H4OS2. The van der Waals surface area contributed by atoms with E-state index in [1.54, 1.807) is 0 Å². The number of thiocarbonyl (C=S) groups is 1. The molecule has 3 heteroatoms. The largest absolute Gasteiger partial charge is 0.460 e. The Labute approximate surface area is 69.5 Å². The number of hydrogen-bond donors (Lipinski definition) is 0. The molecule has 1 saturated heterocycles. The molecule has 0 aromatic carbocycles. The summed E-state index contributed by atoms with van der Waals surface area (Å²) in [6.07, 6.45) is 9.94. The van der Waals surface area contributed by atoms with Crippen molar-refractivity contribution < 1.29 is 4.74 Å². The molecule has 0 N–H and O–H groups in total. The van der Waals surface area contributed by atoms with Crippen LogP contribution in [0, 0.1) is 24.7 Å². The lowest BCUT2D eigenvalue weighted by Gasteiger charge is -2.01. The lowest BCUT2D eigenvalue weighted by atomic mass is 10.3. The normalized spacial score (nSPS) is 30.4. The Morgan fingerprint density at radius 1 is 1.50 bits per heavy atom. The number of ether oxygens (including phenoxy) is 1. The molecule has 1 heterocycles. The third-order valence-electron chi connectivity index (χ3n) is 1.05. The second-order valence-electron chi connectivity index (χ2n) is 1.66. The SMILES string of the molecule is C#CC1OC(=S)SC1C#C. The maximum Gasteiger partial charge on any atom is 0.222 e. The van der Waals surface area contributed by atoms with E-state index >= 15 is 0 Å². The van der Waals surface area contributed by atoms with Crippen molar-refractivity contribution in [3.8, 4) is 24.7 Å². The summed E-state index contributed by atoms with van der Waals surface area (Å²) in [6.45, 7) is 0. The first kappa shape index (κ1) is 7.47. The summed E-state index contributed by atoms with van der Waals surface area (Å²) in [7, 11) is 0. The molecule has 0 amide bonds. The molecule has 1 rings (SSSR count). The number of thioether (sulfide) groups is 1. The van der Waals surface area contributed by atoms with Crippen molar-refractivity contribution in [1.82, 2.24) is 0 Å². The highest BCUT2D eigenvalue weighted by Crippen LogP contribution is 2.27. The van der Waals surface area contributed by atoms with Gasteiger partial charge in [0.2, 0.25) is 4.38 Å². The van der Waals surface area contributed by atoms with Gasteiger partial charge in [0.05, 0.1) is 0 Å². The van der Waals surface area contributed by atoms with Gasteiger partial charge < -0.3 is 4.74 Å². The van der Waals surface area contributed by atoms with Crippen molar-refractivity contribution in [1.29, 1.82) is 0 Å². The molecule has 2 atom stereocenters. The van der Waals surface area contributed by atoms with Crippen LogP contribution in [0.5, 0.6) is 0 Å². The maximum absolute atomic E-state index is 5.16. The summed E-state index contributed by atoms with van der Waals surface area (Å²) in [5, 5.41) is -0.0995. The van der Waals surface area contributed by atoms with Crippen LogP contribution in [0.1, 0.15) is 0 Å². The molecular weight excluding hydrogens is 164 g/mol. The molecule has 0 aliphatic carbocycles. The average molecular weight is 168 g/mol. The molecule has 0 radical (unpaired) electrons. The van der Waals surface area contributed by atoms with Crippen LogP contribution in [0.2, 0.25) is 0 Å². The van der Waals surface area contributed by atoms with Crippen LogP contribution < -0.4 is 0 Å². The second kappa shape index (κ2) is 2.96. The quantitative estimate of drug-likeness (QED) is 0.395. The van der Waals surface area contributed by atoms with Crippen LogP contribution in [-0.4, -0.2) is 15.7 Å². The van der Waals surface area contributed by atoms with Gasteiger partial charge in [-0.1, -0.05) is 23.6 Å². The Balaban J connectivity index is 2.71. The zero-order valence-corrected chi connectivity index (χ0v) is 6.67. The highest BCUT2D eigenvalue weighted by atomic mass is 32.2. The molecule has 0 saturated carbocycles. The van der Waals surface area contributed by atoms with E-state index in [1.807, 2.05) is 0 Å². The van der Waals surface area contributed by atoms with Gasteiger partial charge in [-0.2, -0.15) is 0 Å². The molecule has 1 nitrogen and oxygen atoms in total. The van der Waals surface area contributed by atoms with Crippen molar-refractivity contribution in [3.05, 3.63) is 0 Å². The van der Waals surface area contributed by atoms with Crippen LogP contribution in [-0.2, 0) is 4.74 Å². The predicted octanol–water partition coefficient (Wildman–Crippen LogP) is 1.04. The summed E-state index contributed by atoms with van der Waals surface area (Å²) in [5.41, 5.74) is 0. The highest BCUT2D eigenvalue weighted by molar-refractivity contribution is 8.23. The summed E-state index contributed by atoms with van der Waals surface area (Å²) < 4.78 is 5.48. The molecule has 0 aromatic heterocycles.